The molecule has 0 N–H and O–H groups in total. The molecule has 0 amide bonds. The second kappa shape index (κ2) is 10.1. The van der Waals surface area contributed by atoms with Gasteiger partial charge in [-0.05, 0) is 38.0 Å². The van der Waals surface area contributed by atoms with Gasteiger partial charge in [-0.25, -0.2) is 4.79 Å². The maximum absolute atomic E-state index is 11.9. The van der Waals surface area contributed by atoms with Crippen molar-refractivity contribution in [2.45, 2.75) is 46.5 Å². The Labute approximate surface area is 127 Å². The summed E-state index contributed by atoms with van der Waals surface area (Å²) in [5.41, 5.74) is 0.498. The molecule has 0 spiro atoms. The van der Waals surface area contributed by atoms with E-state index in [1.807, 2.05) is 6.92 Å². The number of rotatable bonds is 10. The van der Waals surface area contributed by atoms with Crippen LogP contribution >= 0.6 is 0 Å². The fraction of sp³-hybridized carbons (Fsp3) is 0.588. The minimum absolute atomic E-state index is 0.315. The normalized spacial score (nSPS) is 10.2. The molecule has 21 heavy (non-hydrogen) atoms. The van der Waals surface area contributed by atoms with E-state index in [-0.39, 0.29) is 5.97 Å². The van der Waals surface area contributed by atoms with Crippen molar-refractivity contribution in [1.82, 2.24) is 0 Å². The number of esters is 1. The van der Waals surface area contributed by atoms with Crippen LogP contribution in [0.3, 0.4) is 0 Å². The summed E-state index contributed by atoms with van der Waals surface area (Å²) in [6, 6.07) is 5.19. The van der Waals surface area contributed by atoms with Gasteiger partial charge in [-0.1, -0.05) is 26.7 Å². The fourth-order valence-corrected chi connectivity index (χ4v) is 1.74. The van der Waals surface area contributed by atoms with Crippen molar-refractivity contribution in [1.29, 1.82) is 0 Å². The summed E-state index contributed by atoms with van der Waals surface area (Å²) in [5.74, 6) is 0.957. The molecule has 0 radical (unpaired) electrons. The van der Waals surface area contributed by atoms with Crippen LogP contribution in [0.4, 0.5) is 0 Å². The number of hydrogen-bond donors (Lipinski definition) is 0. The van der Waals surface area contributed by atoms with Gasteiger partial charge in [-0.2, -0.15) is 0 Å². The molecule has 4 heteroatoms. The topological polar surface area (TPSA) is 44.8 Å². The quantitative estimate of drug-likeness (QED) is 0.479. The monoisotopic (exact) mass is 294 g/mol. The van der Waals surface area contributed by atoms with Crippen LogP contribution in [0.25, 0.3) is 0 Å². The molecule has 1 aromatic rings. The molecule has 118 valence electrons. The van der Waals surface area contributed by atoms with Gasteiger partial charge in [0.2, 0.25) is 0 Å². The van der Waals surface area contributed by atoms with E-state index in [4.69, 9.17) is 14.2 Å². The predicted molar refractivity (Wildman–Crippen MR) is 83.2 cm³/mol. The van der Waals surface area contributed by atoms with Crippen LogP contribution in [0.1, 0.15) is 56.8 Å². The van der Waals surface area contributed by atoms with Gasteiger partial charge in [0, 0.05) is 0 Å². The molecule has 0 saturated carbocycles. The zero-order valence-corrected chi connectivity index (χ0v) is 13.3. The van der Waals surface area contributed by atoms with Gasteiger partial charge in [-0.3, -0.25) is 0 Å². The van der Waals surface area contributed by atoms with Gasteiger partial charge in [0.05, 0.1) is 25.4 Å². The highest BCUT2D eigenvalue weighted by molar-refractivity contribution is 5.90. The van der Waals surface area contributed by atoms with Gasteiger partial charge in [0.25, 0.3) is 0 Å². The zero-order valence-electron chi connectivity index (χ0n) is 13.3. The van der Waals surface area contributed by atoms with Crippen LogP contribution in [-0.2, 0) is 4.74 Å². The number of benzene rings is 1. The van der Waals surface area contributed by atoms with Crippen LogP contribution in [0.2, 0.25) is 0 Å². The summed E-state index contributed by atoms with van der Waals surface area (Å²) in [7, 11) is 0. The number of ether oxygens (including phenoxy) is 3. The third kappa shape index (κ3) is 6.06. The van der Waals surface area contributed by atoms with Crippen LogP contribution in [-0.4, -0.2) is 25.8 Å². The van der Waals surface area contributed by atoms with Crippen molar-refractivity contribution >= 4 is 5.97 Å². The van der Waals surface area contributed by atoms with Gasteiger partial charge in [0.1, 0.15) is 0 Å². The second-order valence-corrected chi connectivity index (χ2v) is 4.79. The lowest BCUT2D eigenvalue weighted by Crippen LogP contribution is -2.08. The van der Waals surface area contributed by atoms with Crippen molar-refractivity contribution in [3.8, 4) is 11.5 Å². The van der Waals surface area contributed by atoms with Crippen molar-refractivity contribution in [2.24, 2.45) is 0 Å². The molecule has 1 rings (SSSR count). The Morgan fingerprint density at radius 3 is 2.33 bits per heavy atom. The highest BCUT2D eigenvalue weighted by Gasteiger charge is 2.12. The number of hydrogen-bond acceptors (Lipinski definition) is 4. The molecule has 4 nitrogen and oxygen atoms in total. The van der Waals surface area contributed by atoms with Gasteiger partial charge >= 0.3 is 5.97 Å². The van der Waals surface area contributed by atoms with Gasteiger partial charge < -0.3 is 14.2 Å². The fourth-order valence-electron chi connectivity index (χ4n) is 1.74. The first-order chi connectivity index (χ1) is 10.2. The molecule has 0 fully saturated rings. The lowest BCUT2D eigenvalue weighted by molar-refractivity contribution is 0.0499. The smallest absolute Gasteiger partial charge is 0.338 e. The van der Waals surface area contributed by atoms with Crippen LogP contribution in [0.5, 0.6) is 11.5 Å². The van der Waals surface area contributed by atoms with E-state index in [1.54, 1.807) is 18.2 Å². The number of carbonyl (C=O) groups excluding carboxylic acids is 1. The van der Waals surface area contributed by atoms with E-state index in [0.717, 1.165) is 25.7 Å². The van der Waals surface area contributed by atoms with Crippen molar-refractivity contribution in [2.75, 3.05) is 19.8 Å². The molecule has 0 heterocycles. The van der Waals surface area contributed by atoms with Crippen molar-refractivity contribution in [3.05, 3.63) is 23.8 Å². The Morgan fingerprint density at radius 1 is 0.952 bits per heavy atom. The van der Waals surface area contributed by atoms with Crippen LogP contribution in [0, 0.1) is 0 Å². The first-order valence-electron chi connectivity index (χ1n) is 7.79. The molecule has 0 atom stereocenters. The Hall–Kier alpha value is -1.71. The Kier molecular flexibility index (Phi) is 8.32. The summed E-state index contributed by atoms with van der Waals surface area (Å²) < 4.78 is 16.4. The molecule has 0 aliphatic rings. The lowest BCUT2D eigenvalue weighted by atomic mass is 10.2. The summed E-state index contributed by atoms with van der Waals surface area (Å²) in [4.78, 5) is 11.9. The molecule has 0 aliphatic carbocycles. The van der Waals surface area contributed by atoms with Gasteiger partial charge in [-0.15, -0.1) is 0 Å². The molecule has 0 saturated heterocycles. The molecule has 0 unspecified atom stereocenters. The Balaban J connectivity index is 2.74. The third-order valence-corrected chi connectivity index (χ3v) is 2.97. The summed E-state index contributed by atoms with van der Waals surface area (Å²) >= 11 is 0. The van der Waals surface area contributed by atoms with E-state index < -0.39 is 0 Å². The van der Waals surface area contributed by atoms with E-state index in [0.29, 0.717) is 36.9 Å². The predicted octanol–water partition coefficient (Wildman–Crippen LogP) is 4.22. The van der Waals surface area contributed by atoms with E-state index >= 15 is 0 Å². The standard InChI is InChI=1S/C17H26O4/c1-4-7-11-20-15-10-9-14(13-16(15)19-6-3)17(18)21-12-8-5-2/h9-10,13H,4-8,11-12H2,1-3H3. The number of carbonyl (C=O) groups is 1. The number of unbranched alkanes of at least 4 members (excludes halogenated alkanes) is 2. The Bertz CT molecular complexity index is 429. The molecule has 0 bridgehead atoms. The largest absolute Gasteiger partial charge is 0.490 e. The maximum Gasteiger partial charge on any atom is 0.338 e. The van der Waals surface area contributed by atoms with E-state index in [2.05, 4.69) is 13.8 Å². The zero-order chi connectivity index (χ0) is 15.5. The summed E-state index contributed by atoms with van der Waals surface area (Å²) in [6.45, 7) is 7.71. The minimum atomic E-state index is -0.315. The average Bonchev–Trinajstić information content (AvgIpc) is 2.49. The van der Waals surface area contributed by atoms with Crippen LogP contribution < -0.4 is 9.47 Å². The summed E-state index contributed by atoms with van der Waals surface area (Å²) in [5, 5.41) is 0. The Morgan fingerprint density at radius 2 is 1.67 bits per heavy atom. The minimum Gasteiger partial charge on any atom is -0.490 e. The highest BCUT2D eigenvalue weighted by atomic mass is 16.5. The lowest BCUT2D eigenvalue weighted by Gasteiger charge is -2.13. The highest BCUT2D eigenvalue weighted by Crippen LogP contribution is 2.29. The molecular formula is C17H26O4. The van der Waals surface area contributed by atoms with Crippen LogP contribution in [0.15, 0.2) is 18.2 Å². The summed E-state index contributed by atoms with van der Waals surface area (Å²) in [6.07, 6.45) is 3.95. The first-order valence-corrected chi connectivity index (χ1v) is 7.79. The third-order valence-electron chi connectivity index (χ3n) is 2.97. The first kappa shape index (κ1) is 17.3. The molecule has 0 aromatic heterocycles. The molecular weight excluding hydrogens is 268 g/mol. The SMILES string of the molecule is CCCCOC(=O)c1ccc(OCCCC)c(OCC)c1. The van der Waals surface area contributed by atoms with Crippen molar-refractivity contribution in [3.63, 3.8) is 0 Å². The average molecular weight is 294 g/mol. The molecule has 0 aliphatic heterocycles. The molecule has 1 aromatic carbocycles. The maximum atomic E-state index is 11.9. The second-order valence-electron chi connectivity index (χ2n) is 4.79. The van der Waals surface area contributed by atoms with Gasteiger partial charge in [0.15, 0.2) is 11.5 Å². The van der Waals surface area contributed by atoms with E-state index in [1.165, 1.54) is 0 Å². The van der Waals surface area contributed by atoms with E-state index in [9.17, 15) is 4.79 Å². The van der Waals surface area contributed by atoms with Crippen molar-refractivity contribution < 1.29 is 19.0 Å².